The van der Waals surface area contributed by atoms with Gasteiger partial charge in [-0.15, -0.1) is 0 Å². The summed E-state index contributed by atoms with van der Waals surface area (Å²) in [6.45, 7) is 6.13. The van der Waals surface area contributed by atoms with Gasteiger partial charge in [0.2, 0.25) is 5.88 Å². The number of nitrogens with two attached hydrogens (primary N) is 1. The monoisotopic (exact) mass is 211 g/mol. The Kier molecular flexibility index (Phi) is 2.81. The van der Waals surface area contributed by atoms with E-state index in [4.69, 9.17) is 15.2 Å². The number of anilines is 1. The van der Waals surface area contributed by atoms with Gasteiger partial charge < -0.3 is 15.2 Å². The molecule has 0 amide bonds. The van der Waals surface area contributed by atoms with Gasteiger partial charge in [-0.25, -0.2) is 4.68 Å². The molecule has 0 saturated carbocycles. The maximum absolute atomic E-state index is 5.91. The maximum atomic E-state index is 5.91. The summed E-state index contributed by atoms with van der Waals surface area (Å²) in [7, 11) is 0. The van der Waals surface area contributed by atoms with Crippen molar-refractivity contribution in [3.8, 4) is 5.88 Å². The second-order valence-corrected chi connectivity index (χ2v) is 3.80. The van der Waals surface area contributed by atoms with Gasteiger partial charge in [0.25, 0.3) is 0 Å². The summed E-state index contributed by atoms with van der Waals surface area (Å²) in [6, 6.07) is 0. The van der Waals surface area contributed by atoms with Crippen LogP contribution >= 0.6 is 0 Å². The molecule has 2 rings (SSSR count). The van der Waals surface area contributed by atoms with Crippen LogP contribution in [0, 0.1) is 6.92 Å². The number of aryl methyl sites for hydroxylation is 2. The van der Waals surface area contributed by atoms with Gasteiger partial charge in [0.1, 0.15) is 11.8 Å². The summed E-state index contributed by atoms with van der Waals surface area (Å²) in [4.78, 5) is 0. The third kappa shape index (κ3) is 1.92. The first-order chi connectivity index (χ1) is 7.22. The van der Waals surface area contributed by atoms with Gasteiger partial charge >= 0.3 is 0 Å². The molecule has 0 bridgehead atoms. The fourth-order valence-corrected chi connectivity index (χ4v) is 1.50. The lowest BCUT2D eigenvalue weighted by molar-refractivity contribution is -0.0826. The summed E-state index contributed by atoms with van der Waals surface area (Å²) in [5.41, 5.74) is 7.39. The van der Waals surface area contributed by atoms with Crippen LogP contribution in [0.25, 0.3) is 0 Å². The third-order valence-corrected chi connectivity index (χ3v) is 2.45. The van der Waals surface area contributed by atoms with E-state index in [1.807, 2.05) is 11.6 Å². The molecule has 5 heteroatoms. The Balaban J connectivity index is 2.17. The highest BCUT2D eigenvalue weighted by atomic mass is 16.6. The Hall–Kier alpha value is -1.23. The van der Waals surface area contributed by atoms with Crippen molar-refractivity contribution in [1.82, 2.24) is 9.78 Å². The number of ether oxygens (including phenoxy) is 2. The quantitative estimate of drug-likeness (QED) is 0.805. The highest BCUT2D eigenvalue weighted by molar-refractivity contribution is 5.52. The van der Waals surface area contributed by atoms with E-state index in [0.717, 1.165) is 18.7 Å². The molecule has 0 radical (unpaired) electrons. The van der Waals surface area contributed by atoms with Crippen molar-refractivity contribution >= 4 is 5.69 Å². The Morgan fingerprint density at radius 3 is 2.87 bits per heavy atom. The van der Waals surface area contributed by atoms with Gasteiger partial charge in [-0.2, -0.15) is 5.10 Å². The smallest absolute Gasteiger partial charge is 0.236 e. The summed E-state index contributed by atoms with van der Waals surface area (Å²) < 4.78 is 12.6. The van der Waals surface area contributed by atoms with Gasteiger partial charge in [0, 0.05) is 6.54 Å². The maximum Gasteiger partial charge on any atom is 0.236 e. The summed E-state index contributed by atoms with van der Waals surface area (Å²) in [6.07, 6.45) is 1.15. The molecular formula is C10H17N3O2. The number of aromatic nitrogens is 2. The zero-order valence-electron chi connectivity index (χ0n) is 9.19. The highest BCUT2D eigenvalue weighted by Crippen LogP contribution is 2.27. The lowest BCUT2D eigenvalue weighted by atomic mass is 10.3. The fraction of sp³-hybridized carbons (Fsp3) is 0.700. The van der Waals surface area contributed by atoms with Crippen molar-refractivity contribution in [2.75, 3.05) is 18.9 Å². The van der Waals surface area contributed by atoms with E-state index in [2.05, 4.69) is 12.0 Å². The van der Waals surface area contributed by atoms with Gasteiger partial charge in [-0.3, -0.25) is 0 Å². The minimum absolute atomic E-state index is 0.138. The Morgan fingerprint density at radius 2 is 2.33 bits per heavy atom. The van der Waals surface area contributed by atoms with Crippen LogP contribution in [-0.2, 0) is 11.3 Å². The van der Waals surface area contributed by atoms with Gasteiger partial charge in [0.15, 0.2) is 0 Å². The average molecular weight is 211 g/mol. The SMILES string of the molecule is CCCn1nc(C)c(N)c1OC1COC1. The normalized spacial score (nSPS) is 16.4. The number of hydrogen-bond donors (Lipinski definition) is 1. The molecule has 84 valence electrons. The van der Waals surface area contributed by atoms with Gasteiger partial charge in [-0.05, 0) is 13.3 Å². The van der Waals surface area contributed by atoms with E-state index < -0.39 is 0 Å². The van der Waals surface area contributed by atoms with E-state index in [0.29, 0.717) is 24.8 Å². The molecule has 1 aromatic heterocycles. The predicted molar refractivity (Wildman–Crippen MR) is 56.9 cm³/mol. The molecule has 1 saturated heterocycles. The first-order valence-electron chi connectivity index (χ1n) is 5.29. The molecule has 2 N–H and O–H groups in total. The molecule has 0 aromatic carbocycles. The number of nitrogens with zero attached hydrogens (tertiary/aromatic N) is 2. The Labute approximate surface area is 89.2 Å². The fourth-order valence-electron chi connectivity index (χ4n) is 1.50. The zero-order chi connectivity index (χ0) is 10.8. The highest BCUT2D eigenvalue weighted by Gasteiger charge is 2.24. The van der Waals surface area contributed by atoms with E-state index >= 15 is 0 Å². The van der Waals surface area contributed by atoms with Crippen molar-refractivity contribution in [1.29, 1.82) is 0 Å². The summed E-state index contributed by atoms with van der Waals surface area (Å²) in [5.74, 6) is 0.697. The minimum atomic E-state index is 0.138. The zero-order valence-corrected chi connectivity index (χ0v) is 9.19. The molecular weight excluding hydrogens is 194 g/mol. The molecule has 1 aliphatic rings. The first kappa shape index (κ1) is 10.3. The Morgan fingerprint density at radius 1 is 1.60 bits per heavy atom. The van der Waals surface area contributed by atoms with Crippen molar-refractivity contribution in [3.63, 3.8) is 0 Å². The van der Waals surface area contributed by atoms with E-state index in [9.17, 15) is 0 Å². The predicted octanol–water partition coefficient (Wildman–Crippen LogP) is 0.961. The van der Waals surface area contributed by atoms with Crippen LogP contribution in [0.2, 0.25) is 0 Å². The second-order valence-electron chi connectivity index (χ2n) is 3.80. The van der Waals surface area contributed by atoms with Crippen molar-refractivity contribution < 1.29 is 9.47 Å². The van der Waals surface area contributed by atoms with E-state index in [1.165, 1.54) is 0 Å². The Bertz CT molecular complexity index is 345. The molecule has 1 aliphatic heterocycles. The topological polar surface area (TPSA) is 62.3 Å². The molecule has 0 atom stereocenters. The van der Waals surface area contributed by atoms with Crippen molar-refractivity contribution in [3.05, 3.63) is 5.69 Å². The van der Waals surface area contributed by atoms with Crippen LogP contribution in [0.15, 0.2) is 0 Å². The third-order valence-electron chi connectivity index (χ3n) is 2.45. The molecule has 0 aliphatic carbocycles. The van der Waals surface area contributed by atoms with Crippen LogP contribution in [0.1, 0.15) is 19.0 Å². The van der Waals surface area contributed by atoms with Crippen LogP contribution in [0.5, 0.6) is 5.88 Å². The minimum Gasteiger partial charge on any atom is -0.468 e. The van der Waals surface area contributed by atoms with E-state index in [-0.39, 0.29) is 6.10 Å². The van der Waals surface area contributed by atoms with Crippen LogP contribution in [0.3, 0.4) is 0 Å². The van der Waals surface area contributed by atoms with Crippen molar-refractivity contribution in [2.45, 2.75) is 32.9 Å². The molecule has 0 unspecified atom stereocenters. The van der Waals surface area contributed by atoms with Crippen LogP contribution in [0.4, 0.5) is 5.69 Å². The molecule has 2 heterocycles. The second kappa shape index (κ2) is 4.10. The van der Waals surface area contributed by atoms with Crippen LogP contribution in [-0.4, -0.2) is 29.1 Å². The van der Waals surface area contributed by atoms with Gasteiger partial charge in [0.05, 0.1) is 18.9 Å². The van der Waals surface area contributed by atoms with E-state index in [1.54, 1.807) is 0 Å². The lowest BCUT2D eigenvalue weighted by Gasteiger charge is -2.26. The summed E-state index contributed by atoms with van der Waals surface area (Å²) in [5, 5.41) is 4.34. The number of hydrogen-bond acceptors (Lipinski definition) is 4. The lowest BCUT2D eigenvalue weighted by Crippen LogP contribution is -2.39. The number of rotatable bonds is 4. The molecule has 1 fully saturated rings. The van der Waals surface area contributed by atoms with Gasteiger partial charge in [-0.1, -0.05) is 6.92 Å². The molecule has 1 aromatic rings. The first-order valence-corrected chi connectivity index (χ1v) is 5.29. The molecule has 0 spiro atoms. The van der Waals surface area contributed by atoms with Crippen LogP contribution < -0.4 is 10.5 Å². The number of nitrogen functional groups attached to an aromatic ring is 1. The standard InChI is InChI=1S/C10H17N3O2/c1-3-4-13-10(9(11)7(2)12-13)15-8-5-14-6-8/h8H,3-6,11H2,1-2H3. The largest absolute Gasteiger partial charge is 0.468 e. The molecule has 5 nitrogen and oxygen atoms in total. The average Bonchev–Trinajstić information content (AvgIpc) is 2.38. The summed E-state index contributed by atoms with van der Waals surface area (Å²) >= 11 is 0. The molecule has 15 heavy (non-hydrogen) atoms. The van der Waals surface area contributed by atoms with Crippen molar-refractivity contribution in [2.24, 2.45) is 0 Å².